The summed E-state index contributed by atoms with van der Waals surface area (Å²) < 4.78 is 7.56. The second kappa shape index (κ2) is 9.31. The molecule has 154 valence electrons. The summed E-state index contributed by atoms with van der Waals surface area (Å²) >= 11 is 1.42. The Balaban J connectivity index is 1.87. The molecule has 0 bridgehead atoms. The molecule has 3 rings (SSSR count). The van der Waals surface area contributed by atoms with Crippen LogP contribution in [0.4, 0.5) is 0 Å². The quantitative estimate of drug-likeness (QED) is 0.505. The lowest BCUT2D eigenvalue weighted by atomic mass is 10.1. The molecule has 0 atom stereocenters. The van der Waals surface area contributed by atoms with Gasteiger partial charge in [-0.25, -0.2) is 0 Å². The number of carbonyl (C=O) groups excluding carboxylic acids is 1. The van der Waals surface area contributed by atoms with E-state index in [0.29, 0.717) is 17.5 Å². The molecule has 1 amide bonds. The number of hydrogen-bond acceptors (Lipinski definition) is 5. The van der Waals surface area contributed by atoms with Crippen LogP contribution in [-0.4, -0.2) is 43.4 Å². The monoisotopic (exact) mass is 412 g/mol. The summed E-state index contributed by atoms with van der Waals surface area (Å²) in [6.07, 6.45) is 1.66. The minimum absolute atomic E-state index is 0.102. The maximum absolute atomic E-state index is 12.8. The SMILES string of the molecule is Cc1cccc(-c2nnc(SCC(=O)N(C(C)C)C(C)C)n2Cc2ccco2)c1. The molecule has 0 saturated heterocycles. The number of benzene rings is 1. The topological polar surface area (TPSA) is 64.2 Å². The predicted octanol–water partition coefficient (Wildman–Crippen LogP) is 4.63. The van der Waals surface area contributed by atoms with Crippen molar-refractivity contribution in [1.82, 2.24) is 19.7 Å². The second-order valence-electron chi connectivity index (χ2n) is 7.62. The van der Waals surface area contributed by atoms with Crippen LogP contribution in [0.1, 0.15) is 39.0 Å². The third-order valence-corrected chi connectivity index (χ3v) is 5.56. The fourth-order valence-electron chi connectivity index (χ4n) is 3.47. The van der Waals surface area contributed by atoms with Gasteiger partial charge < -0.3 is 9.32 Å². The average molecular weight is 413 g/mol. The van der Waals surface area contributed by atoms with Gasteiger partial charge in [-0.15, -0.1) is 10.2 Å². The number of aryl methyl sites for hydroxylation is 1. The molecule has 2 aromatic heterocycles. The Bertz CT molecular complexity index is 940. The molecule has 0 aliphatic carbocycles. The van der Waals surface area contributed by atoms with Gasteiger partial charge in [0.25, 0.3) is 0 Å². The number of amides is 1. The lowest BCUT2D eigenvalue weighted by Gasteiger charge is -2.30. The Morgan fingerprint density at radius 1 is 1.14 bits per heavy atom. The predicted molar refractivity (Wildman–Crippen MR) is 116 cm³/mol. The van der Waals surface area contributed by atoms with E-state index in [-0.39, 0.29) is 18.0 Å². The average Bonchev–Trinajstić information content (AvgIpc) is 3.30. The van der Waals surface area contributed by atoms with Gasteiger partial charge in [-0.1, -0.05) is 35.5 Å². The highest BCUT2D eigenvalue weighted by atomic mass is 32.2. The van der Waals surface area contributed by atoms with E-state index in [0.717, 1.165) is 22.7 Å². The highest BCUT2D eigenvalue weighted by Crippen LogP contribution is 2.26. The van der Waals surface area contributed by atoms with Crippen molar-refractivity contribution >= 4 is 17.7 Å². The molecule has 0 radical (unpaired) electrons. The van der Waals surface area contributed by atoms with E-state index in [1.807, 2.05) is 61.4 Å². The number of hydrogen-bond donors (Lipinski definition) is 0. The van der Waals surface area contributed by atoms with Crippen LogP contribution in [0.15, 0.2) is 52.2 Å². The summed E-state index contributed by atoms with van der Waals surface area (Å²) in [4.78, 5) is 14.7. The van der Waals surface area contributed by atoms with Crippen LogP contribution in [0.25, 0.3) is 11.4 Å². The van der Waals surface area contributed by atoms with Gasteiger partial charge in [0, 0.05) is 17.6 Å². The molecule has 0 spiro atoms. The Morgan fingerprint density at radius 3 is 2.52 bits per heavy atom. The summed E-state index contributed by atoms with van der Waals surface area (Å²) in [7, 11) is 0. The number of aromatic nitrogens is 3. The molecule has 0 aliphatic heterocycles. The highest BCUT2D eigenvalue weighted by molar-refractivity contribution is 7.99. The molecule has 1 aromatic carbocycles. The van der Waals surface area contributed by atoms with Crippen molar-refractivity contribution < 1.29 is 9.21 Å². The van der Waals surface area contributed by atoms with Gasteiger partial charge in [-0.2, -0.15) is 0 Å². The molecule has 3 aromatic rings. The Hall–Kier alpha value is -2.54. The summed E-state index contributed by atoms with van der Waals surface area (Å²) in [5, 5.41) is 9.52. The van der Waals surface area contributed by atoms with Crippen molar-refractivity contribution in [3.05, 3.63) is 54.0 Å². The zero-order valence-electron chi connectivity index (χ0n) is 17.6. The van der Waals surface area contributed by atoms with Crippen molar-refractivity contribution in [3.8, 4) is 11.4 Å². The maximum atomic E-state index is 12.8. The third kappa shape index (κ3) is 5.09. The highest BCUT2D eigenvalue weighted by Gasteiger charge is 2.22. The van der Waals surface area contributed by atoms with Crippen molar-refractivity contribution in [2.75, 3.05) is 5.75 Å². The number of carbonyl (C=O) groups is 1. The summed E-state index contributed by atoms with van der Waals surface area (Å²) in [6.45, 7) is 10.7. The minimum Gasteiger partial charge on any atom is -0.467 e. The Kier molecular flexibility index (Phi) is 6.79. The van der Waals surface area contributed by atoms with Crippen LogP contribution in [-0.2, 0) is 11.3 Å². The molecule has 6 nitrogen and oxygen atoms in total. The van der Waals surface area contributed by atoms with E-state index in [9.17, 15) is 4.79 Å². The third-order valence-electron chi connectivity index (χ3n) is 4.61. The van der Waals surface area contributed by atoms with Crippen LogP contribution < -0.4 is 0 Å². The largest absolute Gasteiger partial charge is 0.467 e. The van der Waals surface area contributed by atoms with Gasteiger partial charge >= 0.3 is 0 Å². The van der Waals surface area contributed by atoms with Gasteiger partial charge in [0.1, 0.15) is 5.76 Å². The van der Waals surface area contributed by atoms with Gasteiger partial charge in [-0.3, -0.25) is 9.36 Å². The Labute approximate surface area is 176 Å². The molecule has 0 N–H and O–H groups in total. The van der Waals surface area contributed by atoms with Gasteiger partial charge in [0.05, 0.1) is 18.6 Å². The first-order chi connectivity index (χ1) is 13.9. The summed E-state index contributed by atoms with van der Waals surface area (Å²) in [5.74, 6) is 2.01. The molecule has 0 unspecified atom stereocenters. The van der Waals surface area contributed by atoms with Gasteiger partial charge in [0.15, 0.2) is 11.0 Å². The molecular formula is C22H28N4O2S. The zero-order valence-corrected chi connectivity index (χ0v) is 18.4. The molecule has 2 heterocycles. The maximum Gasteiger partial charge on any atom is 0.233 e. The van der Waals surface area contributed by atoms with E-state index < -0.39 is 0 Å². The van der Waals surface area contributed by atoms with Crippen molar-refractivity contribution in [2.24, 2.45) is 0 Å². The normalized spacial score (nSPS) is 11.4. The van der Waals surface area contributed by atoms with Crippen LogP contribution in [0.3, 0.4) is 0 Å². The van der Waals surface area contributed by atoms with Crippen molar-refractivity contribution in [1.29, 1.82) is 0 Å². The number of furan rings is 1. The number of rotatable bonds is 8. The lowest BCUT2D eigenvalue weighted by molar-refractivity contribution is -0.131. The number of nitrogens with zero attached hydrogens (tertiary/aromatic N) is 4. The zero-order chi connectivity index (χ0) is 21.0. The van der Waals surface area contributed by atoms with E-state index in [1.165, 1.54) is 11.8 Å². The molecule has 0 fully saturated rings. The molecule has 0 aliphatic rings. The molecular weight excluding hydrogens is 384 g/mol. The lowest BCUT2D eigenvalue weighted by Crippen LogP contribution is -2.43. The summed E-state index contributed by atoms with van der Waals surface area (Å²) in [6, 6.07) is 12.3. The van der Waals surface area contributed by atoms with Crippen LogP contribution in [0.2, 0.25) is 0 Å². The minimum atomic E-state index is 0.102. The van der Waals surface area contributed by atoms with Crippen molar-refractivity contribution in [3.63, 3.8) is 0 Å². The fourth-order valence-corrected chi connectivity index (χ4v) is 4.27. The van der Waals surface area contributed by atoms with E-state index in [1.54, 1.807) is 6.26 Å². The number of thioether (sulfide) groups is 1. The smallest absolute Gasteiger partial charge is 0.233 e. The molecule has 7 heteroatoms. The summed E-state index contributed by atoms with van der Waals surface area (Å²) in [5.41, 5.74) is 2.15. The van der Waals surface area contributed by atoms with E-state index >= 15 is 0 Å². The molecule has 29 heavy (non-hydrogen) atoms. The van der Waals surface area contributed by atoms with Gasteiger partial charge in [-0.05, 0) is 52.8 Å². The van der Waals surface area contributed by atoms with Crippen LogP contribution in [0.5, 0.6) is 0 Å². The standard InChI is InChI=1S/C22H28N4O2S/c1-15(2)26(16(3)4)20(27)14-29-22-24-23-21(18-9-6-8-17(5)12-18)25(22)13-19-10-7-11-28-19/h6-12,15-16H,13-14H2,1-5H3. The van der Waals surface area contributed by atoms with Crippen LogP contribution in [0, 0.1) is 6.92 Å². The van der Waals surface area contributed by atoms with Crippen LogP contribution >= 0.6 is 11.8 Å². The second-order valence-corrected chi connectivity index (χ2v) is 8.56. The first kappa shape index (κ1) is 21.2. The van der Waals surface area contributed by atoms with E-state index in [4.69, 9.17) is 4.42 Å². The Morgan fingerprint density at radius 2 is 1.90 bits per heavy atom. The van der Waals surface area contributed by atoms with E-state index in [2.05, 4.69) is 29.3 Å². The van der Waals surface area contributed by atoms with Crippen molar-refractivity contribution in [2.45, 2.75) is 58.4 Å². The first-order valence-electron chi connectivity index (χ1n) is 9.83. The molecule has 0 saturated carbocycles. The fraction of sp³-hybridized carbons (Fsp3) is 0.409. The van der Waals surface area contributed by atoms with Gasteiger partial charge in [0.2, 0.25) is 5.91 Å². The first-order valence-corrected chi connectivity index (χ1v) is 10.8.